The lowest BCUT2D eigenvalue weighted by atomic mass is 10.1. The number of carbonyl (C=O) groups excluding carboxylic acids is 2. The van der Waals surface area contributed by atoms with Gasteiger partial charge in [0, 0.05) is 16.5 Å². The fourth-order valence-electron chi connectivity index (χ4n) is 3.24. The summed E-state index contributed by atoms with van der Waals surface area (Å²) in [7, 11) is 0. The standard InChI is InChI=1S/C20H21N5O3S2/c1-3-28-18(27)13-4-5-14-17(13)25-20(30-14)24-16(26)9-12-10-29-19(22-12)23-15-8-11(2)6-7-21-15/h6-8,10,13H,3-5,9H2,1-2H3,(H,21,22,23)(H,24,25,26). The van der Waals surface area contributed by atoms with Crippen LogP contribution in [0.25, 0.3) is 0 Å². The number of amides is 1. The molecule has 2 N–H and O–H groups in total. The molecule has 8 nitrogen and oxygen atoms in total. The van der Waals surface area contributed by atoms with E-state index in [0.717, 1.165) is 22.6 Å². The number of hydrogen-bond donors (Lipinski definition) is 2. The zero-order chi connectivity index (χ0) is 21.1. The number of anilines is 3. The van der Waals surface area contributed by atoms with Crippen molar-refractivity contribution in [2.45, 2.75) is 39.0 Å². The molecule has 3 aromatic heterocycles. The number of nitrogens with zero attached hydrogens (tertiary/aromatic N) is 3. The van der Waals surface area contributed by atoms with Gasteiger partial charge >= 0.3 is 5.97 Å². The molecule has 1 aliphatic rings. The second-order valence-electron chi connectivity index (χ2n) is 6.88. The maximum absolute atomic E-state index is 12.4. The fourth-order valence-corrected chi connectivity index (χ4v) is 5.01. The number of nitrogens with one attached hydrogen (secondary N) is 2. The molecule has 156 valence electrons. The maximum Gasteiger partial charge on any atom is 0.315 e. The Balaban J connectivity index is 1.35. The molecule has 1 amide bonds. The number of thiazole rings is 2. The first-order valence-corrected chi connectivity index (χ1v) is 11.3. The van der Waals surface area contributed by atoms with Gasteiger partial charge in [-0.2, -0.15) is 0 Å². The summed E-state index contributed by atoms with van der Waals surface area (Å²) in [6, 6.07) is 3.85. The number of hydrogen-bond acceptors (Lipinski definition) is 9. The van der Waals surface area contributed by atoms with Crippen molar-refractivity contribution in [1.82, 2.24) is 15.0 Å². The van der Waals surface area contributed by atoms with Crippen molar-refractivity contribution < 1.29 is 14.3 Å². The van der Waals surface area contributed by atoms with Crippen LogP contribution in [0.1, 0.15) is 41.1 Å². The average Bonchev–Trinajstić information content (AvgIpc) is 3.38. The van der Waals surface area contributed by atoms with Crippen LogP contribution in [0.3, 0.4) is 0 Å². The lowest BCUT2D eigenvalue weighted by Crippen LogP contribution is -2.16. The van der Waals surface area contributed by atoms with Gasteiger partial charge in [-0.05, 0) is 44.4 Å². The number of esters is 1. The third-order valence-electron chi connectivity index (χ3n) is 4.58. The summed E-state index contributed by atoms with van der Waals surface area (Å²) in [4.78, 5) is 38.7. The number of aryl methyl sites for hydroxylation is 2. The highest BCUT2D eigenvalue weighted by Gasteiger charge is 2.33. The van der Waals surface area contributed by atoms with Crippen LogP contribution in [0.5, 0.6) is 0 Å². The topological polar surface area (TPSA) is 106 Å². The van der Waals surface area contributed by atoms with Crippen LogP contribution in [0.2, 0.25) is 0 Å². The molecule has 10 heteroatoms. The number of rotatable bonds is 7. The summed E-state index contributed by atoms with van der Waals surface area (Å²) < 4.78 is 5.12. The second-order valence-corrected chi connectivity index (χ2v) is 8.82. The fraction of sp³-hybridized carbons (Fsp3) is 0.350. The van der Waals surface area contributed by atoms with E-state index in [0.29, 0.717) is 34.8 Å². The highest BCUT2D eigenvalue weighted by molar-refractivity contribution is 7.16. The van der Waals surface area contributed by atoms with Crippen molar-refractivity contribution in [3.05, 3.63) is 45.5 Å². The molecule has 1 aliphatic carbocycles. The number of aromatic nitrogens is 3. The molecule has 0 spiro atoms. The summed E-state index contributed by atoms with van der Waals surface area (Å²) in [5.41, 5.74) is 2.50. The van der Waals surface area contributed by atoms with Gasteiger partial charge in [-0.1, -0.05) is 0 Å². The van der Waals surface area contributed by atoms with Crippen LogP contribution in [0.15, 0.2) is 23.7 Å². The van der Waals surface area contributed by atoms with Crippen LogP contribution < -0.4 is 10.6 Å². The number of pyridine rings is 1. The van der Waals surface area contributed by atoms with Crippen molar-refractivity contribution in [3.8, 4) is 0 Å². The molecule has 0 bridgehead atoms. The van der Waals surface area contributed by atoms with E-state index in [1.54, 1.807) is 13.1 Å². The van der Waals surface area contributed by atoms with E-state index in [-0.39, 0.29) is 24.2 Å². The molecular weight excluding hydrogens is 422 g/mol. The molecule has 0 aliphatic heterocycles. The van der Waals surface area contributed by atoms with Gasteiger partial charge in [0.2, 0.25) is 5.91 Å². The Hall–Kier alpha value is -2.85. The Morgan fingerprint density at radius 3 is 2.97 bits per heavy atom. The van der Waals surface area contributed by atoms with E-state index in [2.05, 4.69) is 25.6 Å². The van der Waals surface area contributed by atoms with E-state index in [1.165, 1.54) is 22.7 Å². The Bertz CT molecular complexity index is 1080. The Labute approximate surface area is 181 Å². The first-order valence-electron chi connectivity index (χ1n) is 9.62. The van der Waals surface area contributed by atoms with Gasteiger partial charge in [0.1, 0.15) is 11.7 Å². The summed E-state index contributed by atoms with van der Waals surface area (Å²) >= 11 is 2.84. The summed E-state index contributed by atoms with van der Waals surface area (Å²) in [5.74, 6) is -0.0521. The molecule has 0 aromatic carbocycles. The van der Waals surface area contributed by atoms with Crippen molar-refractivity contribution in [2.75, 3.05) is 17.2 Å². The zero-order valence-electron chi connectivity index (χ0n) is 16.6. The van der Waals surface area contributed by atoms with Gasteiger partial charge in [0.05, 0.1) is 24.4 Å². The largest absolute Gasteiger partial charge is 0.465 e. The zero-order valence-corrected chi connectivity index (χ0v) is 18.2. The molecular formula is C20H21N5O3S2. The summed E-state index contributed by atoms with van der Waals surface area (Å²) in [6.45, 7) is 4.13. The normalized spacial score (nSPS) is 14.9. The minimum absolute atomic E-state index is 0.144. The SMILES string of the molecule is CCOC(=O)C1CCc2sc(NC(=O)Cc3csc(Nc4cc(C)ccn4)n3)nc21. The lowest BCUT2D eigenvalue weighted by Gasteiger charge is -2.07. The van der Waals surface area contributed by atoms with Crippen LogP contribution in [0.4, 0.5) is 16.1 Å². The third-order valence-corrected chi connectivity index (χ3v) is 6.43. The van der Waals surface area contributed by atoms with E-state index >= 15 is 0 Å². The van der Waals surface area contributed by atoms with Gasteiger partial charge in [-0.3, -0.25) is 9.59 Å². The molecule has 0 radical (unpaired) electrons. The monoisotopic (exact) mass is 443 g/mol. The number of fused-ring (bicyclic) bond motifs is 1. The van der Waals surface area contributed by atoms with E-state index < -0.39 is 0 Å². The van der Waals surface area contributed by atoms with Gasteiger partial charge in [0.25, 0.3) is 0 Å². The first-order chi connectivity index (χ1) is 14.5. The quantitative estimate of drug-likeness (QED) is 0.535. The molecule has 3 heterocycles. The number of carbonyl (C=O) groups is 2. The lowest BCUT2D eigenvalue weighted by molar-refractivity contribution is -0.145. The molecule has 0 fully saturated rings. The minimum atomic E-state index is -0.329. The molecule has 30 heavy (non-hydrogen) atoms. The summed E-state index contributed by atoms with van der Waals surface area (Å²) in [5, 5.41) is 9.01. The molecule has 1 unspecified atom stereocenters. The van der Waals surface area contributed by atoms with Crippen molar-refractivity contribution in [1.29, 1.82) is 0 Å². The highest BCUT2D eigenvalue weighted by atomic mass is 32.1. The van der Waals surface area contributed by atoms with Gasteiger partial charge in [-0.25, -0.2) is 15.0 Å². The molecule has 3 aromatic rings. The minimum Gasteiger partial charge on any atom is -0.465 e. The first kappa shape index (κ1) is 20.4. The molecule has 4 rings (SSSR count). The molecule has 1 atom stereocenters. The van der Waals surface area contributed by atoms with E-state index in [4.69, 9.17) is 4.74 Å². The Morgan fingerprint density at radius 2 is 2.17 bits per heavy atom. The van der Waals surface area contributed by atoms with Crippen LogP contribution in [-0.4, -0.2) is 33.4 Å². The predicted molar refractivity (Wildman–Crippen MR) is 117 cm³/mol. The predicted octanol–water partition coefficient (Wildman–Crippen LogP) is 3.82. The Morgan fingerprint density at radius 1 is 1.30 bits per heavy atom. The molecule has 0 saturated carbocycles. The Kier molecular flexibility index (Phi) is 6.05. The van der Waals surface area contributed by atoms with E-state index in [1.807, 2.05) is 24.4 Å². The highest BCUT2D eigenvalue weighted by Crippen LogP contribution is 2.39. The van der Waals surface area contributed by atoms with Gasteiger partial charge in [0.15, 0.2) is 10.3 Å². The van der Waals surface area contributed by atoms with Crippen molar-refractivity contribution in [3.63, 3.8) is 0 Å². The van der Waals surface area contributed by atoms with Crippen molar-refractivity contribution in [2.24, 2.45) is 0 Å². The van der Waals surface area contributed by atoms with Crippen LogP contribution >= 0.6 is 22.7 Å². The van der Waals surface area contributed by atoms with E-state index in [9.17, 15) is 9.59 Å². The summed E-state index contributed by atoms with van der Waals surface area (Å²) in [6.07, 6.45) is 3.37. The molecule has 0 saturated heterocycles. The van der Waals surface area contributed by atoms with Crippen LogP contribution in [0, 0.1) is 6.92 Å². The second kappa shape index (κ2) is 8.88. The maximum atomic E-state index is 12.4. The van der Waals surface area contributed by atoms with Gasteiger partial charge < -0.3 is 15.4 Å². The third kappa shape index (κ3) is 4.65. The smallest absolute Gasteiger partial charge is 0.315 e. The van der Waals surface area contributed by atoms with Crippen LogP contribution in [-0.2, 0) is 27.2 Å². The average molecular weight is 444 g/mol. The van der Waals surface area contributed by atoms with Crippen molar-refractivity contribution >= 4 is 50.6 Å². The number of ether oxygens (including phenoxy) is 1. The van der Waals surface area contributed by atoms with Gasteiger partial charge in [-0.15, -0.1) is 22.7 Å².